The van der Waals surface area contributed by atoms with Gasteiger partial charge in [-0.25, -0.2) is 14.6 Å². The maximum atomic E-state index is 12.5. The molecule has 1 atom stereocenters. The monoisotopic (exact) mass is 348 g/mol. The van der Waals surface area contributed by atoms with Crippen LogP contribution in [0.5, 0.6) is 0 Å². The van der Waals surface area contributed by atoms with Crippen molar-refractivity contribution in [1.82, 2.24) is 9.88 Å². The van der Waals surface area contributed by atoms with Crippen LogP contribution >= 0.6 is 0 Å². The summed E-state index contributed by atoms with van der Waals surface area (Å²) < 4.78 is 10.4. The van der Waals surface area contributed by atoms with E-state index in [2.05, 4.69) is 10.3 Å². The van der Waals surface area contributed by atoms with Crippen molar-refractivity contribution in [3.8, 4) is 0 Å². The molecule has 10 heteroatoms. The maximum Gasteiger partial charge on any atom is 0.334 e. The summed E-state index contributed by atoms with van der Waals surface area (Å²) in [6, 6.07) is 2.77. The van der Waals surface area contributed by atoms with E-state index in [1.807, 2.05) is 0 Å². The number of ether oxygens (including phenoxy) is 1. The largest absolute Gasteiger partial charge is 0.479 e. The van der Waals surface area contributed by atoms with Crippen LogP contribution in [-0.4, -0.2) is 58.7 Å². The predicted octanol–water partition coefficient (Wildman–Crippen LogP) is 0.552. The van der Waals surface area contributed by atoms with Crippen LogP contribution in [0.2, 0.25) is 0 Å². The number of urea groups is 1. The molecule has 2 aromatic rings. The number of furan rings is 1. The van der Waals surface area contributed by atoms with Crippen LogP contribution in [0, 0.1) is 6.92 Å². The van der Waals surface area contributed by atoms with E-state index in [-0.39, 0.29) is 36.9 Å². The Bertz CT molecular complexity index is 861. The fourth-order valence-electron chi connectivity index (χ4n) is 2.54. The number of fused-ring (bicyclic) bond motifs is 1. The van der Waals surface area contributed by atoms with Gasteiger partial charge in [0.15, 0.2) is 6.10 Å². The summed E-state index contributed by atoms with van der Waals surface area (Å²) in [7, 11) is 0. The van der Waals surface area contributed by atoms with Crippen molar-refractivity contribution in [3.05, 3.63) is 23.6 Å². The van der Waals surface area contributed by atoms with Gasteiger partial charge in [-0.05, 0) is 19.1 Å². The topological polar surface area (TPSA) is 148 Å². The molecule has 2 aromatic heterocycles. The number of pyridine rings is 1. The van der Waals surface area contributed by atoms with Gasteiger partial charge in [-0.1, -0.05) is 0 Å². The zero-order valence-corrected chi connectivity index (χ0v) is 13.3. The number of nitrogens with zero attached hydrogens (tertiary/aromatic N) is 2. The number of carbonyl (C=O) groups excluding carboxylic acids is 2. The lowest BCUT2D eigenvalue weighted by Gasteiger charge is -2.30. The highest BCUT2D eigenvalue weighted by atomic mass is 16.5. The van der Waals surface area contributed by atoms with Crippen LogP contribution in [0.15, 0.2) is 16.5 Å². The number of nitrogens with one attached hydrogen (secondary N) is 1. The van der Waals surface area contributed by atoms with Crippen LogP contribution in [0.4, 0.5) is 10.5 Å². The molecule has 1 unspecified atom stereocenters. The standard InChI is InChI=1S/C15H16N4O6/c1-7-2-3-8-10(11(12(16)20)25-13(8)17-7)18-15(23)19-4-5-24-9(6-19)14(21)22/h2-3,9H,4-6H2,1H3,(H2,16,20)(H,18,23)(H,21,22). The first-order valence-corrected chi connectivity index (χ1v) is 7.47. The molecule has 10 nitrogen and oxygen atoms in total. The van der Waals surface area contributed by atoms with E-state index in [0.29, 0.717) is 11.1 Å². The average molecular weight is 348 g/mol. The Labute approximate surface area is 141 Å². The minimum Gasteiger partial charge on any atom is -0.479 e. The molecule has 0 saturated carbocycles. The van der Waals surface area contributed by atoms with Gasteiger partial charge in [0.2, 0.25) is 11.5 Å². The summed E-state index contributed by atoms with van der Waals surface area (Å²) in [6.45, 7) is 1.96. The predicted molar refractivity (Wildman–Crippen MR) is 85.2 cm³/mol. The lowest BCUT2D eigenvalue weighted by atomic mass is 10.2. The molecule has 1 aliphatic rings. The molecule has 3 heterocycles. The third-order valence-corrected chi connectivity index (χ3v) is 3.78. The summed E-state index contributed by atoms with van der Waals surface area (Å²) in [5, 5.41) is 12.0. The average Bonchev–Trinajstić information content (AvgIpc) is 2.92. The van der Waals surface area contributed by atoms with Gasteiger partial charge < -0.3 is 30.2 Å². The second kappa shape index (κ2) is 6.40. The Morgan fingerprint density at radius 3 is 2.84 bits per heavy atom. The number of hydrogen-bond donors (Lipinski definition) is 3. The molecular formula is C15H16N4O6. The number of carbonyl (C=O) groups is 3. The Hall–Kier alpha value is -3.14. The summed E-state index contributed by atoms with van der Waals surface area (Å²) in [6.07, 6.45) is -1.10. The van der Waals surface area contributed by atoms with Gasteiger partial charge in [-0.2, -0.15) is 0 Å². The van der Waals surface area contributed by atoms with Crippen molar-refractivity contribution in [3.63, 3.8) is 0 Å². The van der Waals surface area contributed by atoms with Gasteiger partial charge >= 0.3 is 12.0 Å². The number of amides is 3. The molecule has 132 valence electrons. The van der Waals surface area contributed by atoms with E-state index in [1.54, 1.807) is 19.1 Å². The SMILES string of the molecule is Cc1ccc2c(NC(=O)N3CCOC(C(=O)O)C3)c(C(N)=O)oc2n1. The summed E-state index contributed by atoms with van der Waals surface area (Å²) in [5.74, 6) is -2.22. The number of primary amides is 1. The number of carboxylic acid groups (broad SMARTS) is 1. The molecule has 3 rings (SSSR count). The summed E-state index contributed by atoms with van der Waals surface area (Å²) in [4.78, 5) is 40.5. The van der Waals surface area contributed by atoms with Crippen molar-refractivity contribution in [2.24, 2.45) is 5.73 Å². The van der Waals surface area contributed by atoms with Crippen LogP contribution in [0.25, 0.3) is 11.1 Å². The number of hydrogen-bond acceptors (Lipinski definition) is 6. The van der Waals surface area contributed by atoms with Crippen LogP contribution < -0.4 is 11.1 Å². The first-order chi connectivity index (χ1) is 11.9. The first kappa shape index (κ1) is 16.7. The van der Waals surface area contributed by atoms with Gasteiger partial charge in [-0.15, -0.1) is 0 Å². The molecular weight excluding hydrogens is 332 g/mol. The molecule has 3 amide bonds. The van der Waals surface area contributed by atoms with Gasteiger partial charge in [-0.3, -0.25) is 4.79 Å². The quantitative estimate of drug-likeness (QED) is 0.733. The number of aliphatic carboxylic acids is 1. The zero-order chi connectivity index (χ0) is 18.1. The highest BCUT2D eigenvalue weighted by Gasteiger charge is 2.30. The molecule has 1 fully saturated rings. The number of anilines is 1. The van der Waals surface area contributed by atoms with Crippen LogP contribution in [0.1, 0.15) is 16.2 Å². The van der Waals surface area contributed by atoms with Crippen molar-refractivity contribution < 1.29 is 28.6 Å². The number of morpholine rings is 1. The molecule has 1 aliphatic heterocycles. The third-order valence-electron chi connectivity index (χ3n) is 3.78. The fourth-order valence-corrected chi connectivity index (χ4v) is 2.54. The van der Waals surface area contributed by atoms with Crippen LogP contribution in [-0.2, 0) is 9.53 Å². The maximum absolute atomic E-state index is 12.5. The Morgan fingerprint density at radius 1 is 1.40 bits per heavy atom. The molecule has 0 aliphatic carbocycles. The molecule has 25 heavy (non-hydrogen) atoms. The number of aryl methyl sites for hydroxylation is 1. The lowest BCUT2D eigenvalue weighted by Crippen LogP contribution is -2.50. The Balaban J connectivity index is 1.89. The normalized spacial score (nSPS) is 17.5. The molecule has 0 bridgehead atoms. The third kappa shape index (κ3) is 3.24. The van der Waals surface area contributed by atoms with Crippen molar-refractivity contribution in [1.29, 1.82) is 0 Å². The minimum absolute atomic E-state index is 0.0972. The minimum atomic E-state index is -1.15. The zero-order valence-electron chi connectivity index (χ0n) is 13.3. The fraction of sp³-hybridized carbons (Fsp3) is 0.333. The Kier molecular flexibility index (Phi) is 4.28. The van der Waals surface area contributed by atoms with Gasteiger partial charge in [0, 0.05) is 12.2 Å². The van der Waals surface area contributed by atoms with Crippen molar-refractivity contribution in [2.75, 3.05) is 25.0 Å². The van der Waals surface area contributed by atoms with Gasteiger partial charge in [0.1, 0.15) is 5.69 Å². The van der Waals surface area contributed by atoms with Crippen LogP contribution in [0.3, 0.4) is 0 Å². The summed E-state index contributed by atoms with van der Waals surface area (Å²) >= 11 is 0. The second-order valence-electron chi connectivity index (χ2n) is 5.55. The number of aromatic nitrogens is 1. The Morgan fingerprint density at radius 2 is 2.16 bits per heavy atom. The summed E-state index contributed by atoms with van der Waals surface area (Å²) in [5.41, 5.74) is 6.27. The molecule has 0 aromatic carbocycles. The molecule has 0 spiro atoms. The first-order valence-electron chi connectivity index (χ1n) is 7.47. The molecule has 1 saturated heterocycles. The van der Waals surface area contributed by atoms with E-state index in [0.717, 1.165) is 0 Å². The van der Waals surface area contributed by atoms with E-state index < -0.39 is 24.0 Å². The van der Waals surface area contributed by atoms with Gasteiger partial charge in [0.05, 0.1) is 18.5 Å². The smallest absolute Gasteiger partial charge is 0.334 e. The number of nitrogens with two attached hydrogens (primary N) is 1. The van der Waals surface area contributed by atoms with E-state index in [4.69, 9.17) is 20.0 Å². The lowest BCUT2D eigenvalue weighted by molar-refractivity contribution is -0.154. The molecule has 0 radical (unpaired) electrons. The van der Waals surface area contributed by atoms with E-state index >= 15 is 0 Å². The number of rotatable bonds is 3. The highest BCUT2D eigenvalue weighted by Crippen LogP contribution is 2.30. The van der Waals surface area contributed by atoms with Crippen molar-refractivity contribution >= 4 is 34.7 Å². The highest BCUT2D eigenvalue weighted by molar-refractivity contribution is 6.09. The molecule has 4 N–H and O–H groups in total. The van der Waals surface area contributed by atoms with Gasteiger partial charge in [0.25, 0.3) is 5.91 Å². The number of carboxylic acids is 1. The van der Waals surface area contributed by atoms with E-state index in [9.17, 15) is 14.4 Å². The van der Waals surface area contributed by atoms with E-state index in [1.165, 1.54) is 4.90 Å². The second-order valence-corrected chi connectivity index (χ2v) is 5.55. The van der Waals surface area contributed by atoms with Crippen molar-refractivity contribution in [2.45, 2.75) is 13.0 Å².